The number of carbonyl (C=O) groups is 3. The summed E-state index contributed by atoms with van der Waals surface area (Å²) < 4.78 is 0. The maximum absolute atomic E-state index is 10.8. The molecule has 5 heteroatoms. The van der Waals surface area contributed by atoms with Crippen LogP contribution < -0.4 is 0 Å². The van der Waals surface area contributed by atoms with Crippen LogP contribution in [0.25, 0.3) is 0 Å². The lowest BCUT2D eigenvalue weighted by atomic mass is 10.2. The first kappa shape index (κ1) is 11.8. The average molecular weight is 188 g/mol. The summed E-state index contributed by atoms with van der Waals surface area (Å²) in [6, 6.07) is 0. The van der Waals surface area contributed by atoms with Gasteiger partial charge in [0.1, 0.15) is 5.78 Å². The molecule has 0 rings (SSSR count). The molecule has 0 heterocycles. The number of carbonyl (C=O) groups excluding carboxylic acids is 3. The lowest BCUT2D eigenvalue weighted by Crippen LogP contribution is -2.21. The first-order valence-corrected chi connectivity index (χ1v) is 3.83. The second-order valence-corrected chi connectivity index (χ2v) is 2.82. The minimum Gasteiger partial charge on any atom is -0.300 e. The van der Waals surface area contributed by atoms with Crippen LogP contribution >= 0.6 is 0 Å². The Morgan fingerprint density at radius 3 is 2.15 bits per heavy atom. The first-order chi connectivity index (χ1) is 5.93. The van der Waals surface area contributed by atoms with Crippen LogP contribution in [-0.2, 0) is 24.2 Å². The fourth-order valence-electron chi connectivity index (χ4n) is 0.485. The molecule has 0 unspecified atom stereocenters. The number of hydrogen-bond acceptors (Lipinski definition) is 5. The molecule has 0 bridgehead atoms. The monoisotopic (exact) mass is 188 g/mol. The van der Waals surface area contributed by atoms with Crippen molar-refractivity contribution in [1.82, 2.24) is 0 Å². The average Bonchev–Trinajstić information content (AvgIpc) is 1.98. The highest BCUT2D eigenvalue weighted by molar-refractivity contribution is 6.36. The number of Topliss-reactive ketones (excluding diaryl/α,β-unsaturated/α-hetero) is 2. The highest BCUT2D eigenvalue weighted by Gasteiger charge is 2.18. The second kappa shape index (κ2) is 5.42. The highest BCUT2D eigenvalue weighted by atomic mass is 17.2. The quantitative estimate of drug-likeness (QED) is 0.270. The van der Waals surface area contributed by atoms with Crippen molar-refractivity contribution in [1.29, 1.82) is 0 Å². The van der Waals surface area contributed by atoms with Crippen LogP contribution in [0.1, 0.15) is 27.2 Å². The summed E-state index contributed by atoms with van der Waals surface area (Å²) in [6.07, 6.45) is -0.755. The SMILES string of the molecule is CC(=O)CC(=O)C(=O)OOC(C)C. The van der Waals surface area contributed by atoms with E-state index in [1.165, 1.54) is 6.92 Å². The Labute approximate surface area is 75.9 Å². The summed E-state index contributed by atoms with van der Waals surface area (Å²) in [6.45, 7) is 4.50. The van der Waals surface area contributed by atoms with E-state index in [-0.39, 0.29) is 11.9 Å². The summed E-state index contributed by atoms with van der Waals surface area (Å²) in [7, 11) is 0. The van der Waals surface area contributed by atoms with Gasteiger partial charge in [0.05, 0.1) is 12.5 Å². The van der Waals surface area contributed by atoms with Crippen molar-refractivity contribution in [2.45, 2.75) is 33.3 Å². The largest absolute Gasteiger partial charge is 0.408 e. The van der Waals surface area contributed by atoms with Gasteiger partial charge in [-0.05, 0) is 20.8 Å². The Morgan fingerprint density at radius 2 is 1.77 bits per heavy atom. The molecule has 0 amide bonds. The van der Waals surface area contributed by atoms with Gasteiger partial charge < -0.3 is 0 Å². The number of ketones is 2. The van der Waals surface area contributed by atoms with Crippen molar-refractivity contribution >= 4 is 17.5 Å². The van der Waals surface area contributed by atoms with Crippen molar-refractivity contribution in [2.75, 3.05) is 0 Å². The van der Waals surface area contributed by atoms with Crippen molar-refractivity contribution in [3.8, 4) is 0 Å². The van der Waals surface area contributed by atoms with Crippen LogP contribution in [0, 0.1) is 0 Å². The van der Waals surface area contributed by atoms with E-state index in [0.717, 1.165) is 0 Å². The third kappa shape index (κ3) is 5.98. The number of rotatable bonds is 5. The zero-order valence-corrected chi connectivity index (χ0v) is 7.83. The van der Waals surface area contributed by atoms with E-state index in [0.29, 0.717) is 0 Å². The molecular formula is C8H12O5. The van der Waals surface area contributed by atoms with E-state index >= 15 is 0 Å². The van der Waals surface area contributed by atoms with Gasteiger partial charge in [0.15, 0.2) is 0 Å². The van der Waals surface area contributed by atoms with Gasteiger partial charge in [-0.25, -0.2) is 4.79 Å². The third-order valence-electron chi connectivity index (χ3n) is 0.953. The maximum Gasteiger partial charge on any atom is 0.408 e. The Hall–Kier alpha value is -1.23. The van der Waals surface area contributed by atoms with Gasteiger partial charge in [-0.1, -0.05) is 0 Å². The molecule has 0 aliphatic heterocycles. The molecule has 0 saturated heterocycles. The Morgan fingerprint density at radius 1 is 1.23 bits per heavy atom. The van der Waals surface area contributed by atoms with E-state index in [2.05, 4.69) is 9.78 Å². The van der Waals surface area contributed by atoms with Crippen molar-refractivity contribution < 1.29 is 24.2 Å². The predicted molar refractivity (Wildman–Crippen MR) is 42.6 cm³/mol. The molecule has 0 atom stereocenters. The van der Waals surface area contributed by atoms with Gasteiger partial charge in [0.25, 0.3) is 5.78 Å². The molecule has 0 N–H and O–H groups in total. The Balaban J connectivity index is 3.83. The summed E-state index contributed by atoms with van der Waals surface area (Å²) >= 11 is 0. The van der Waals surface area contributed by atoms with Crippen LogP contribution in [0.5, 0.6) is 0 Å². The molecule has 0 aliphatic rings. The summed E-state index contributed by atoms with van der Waals surface area (Å²) in [5.74, 6) is -2.41. The van der Waals surface area contributed by atoms with Gasteiger partial charge in [0, 0.05) is 0 Å². The molecule has 0 aromatic heterocycles. The van der Waals surface area contributed by atoms with E-state index in [9.17, 15) is 14.4 Å². The van der Waals surface area contributed by atoms with E-state index < -0.39 is 18.2 Å². The summed E-state index contributed by atoms with van der Waals surface area (Å²) in [5, 5.41) is 0. The topological polar surface area (TPSA) is 69.7 Å². The summed E-state index contributed by atoms with van der Waals surface area (Å²) in [5.41, 5.74) is 0. The molecule has 0 aromatic carbocycles. The van der Waals surface area contributed by atoms with Gasteiger partial charge in [0.2, 0.25) is 0 Å². The smallest absolute Gasteiger partial charge is 0.300 e. The number of hydrogen-bond donors (Lipinski definition) is 0. The van der Waals surface area contributed by atoms with E-state index in [1.807, 2.05) is 0 Å². The van der Waals surface area contributed by atoms with Crippen LogP contribution in [0.15, 0.2) is 0 Å². The predicted octanol–water partition coefficient (Wildman–Crippen LogP) is 0.418. The van der Waals surface area contributed by atoms with Gasteiger partial charge >= 0.3 is 5.97 Å². The highest BCUT2D eigenvalue weighted by Crippen LogP contribution is 1.94. The molecule has 0 saturated carbocycles. The standard InChI is InChI=1S/C8H12O5/c1-5(2)12-13-8(11)7(10)4-6(3)9/h5H,4H2,1-3H3. The van der Waals surface area contributed by atoms with Gasteiger partial charge in [-0.3, -0.25) is 14.5 Å². The first-order valence-electron chi connectivity index (χ1n) is 3.83. The lowest BCUT2D eigenvalue weighted by Gasteiger charge is -2.04. The molecule has 0 aromatic rings. The fraction of sp³-hybridized carbons (Fsp3) is 0.625. The van der Waals surface area contributed by atoms with Crippen molar-refractivity contribution in [2.24, 2.45) is 0 Å². The summed E-state index contributed by atoms with van der Waals surface area (Å²) in [4.78, 5) is 40.5. The molecule has 13 heavy (non-hydrogen) atoms. The van der Waals surface area contributed by atoms with Crippen LogP contribution in [0.4, 0.5) is 0 Å². The molecule has 0 fully saturated rings. The van der Waals surface area contributed by atoms with Crippen LogP contribution in [-0.4, -0.2) is 23.6 Å². The normalized spacial score (nSPS) is 9.85. The van der Waals surface area contributed by atoms with E-state index in [1.54, 1.807) is 13.8 Å². The third-order valence-corrected chi connectivity index (χ3v) is 0.953. The molecular weight excluding hydrogens is 176 g/mol. The maximum atomic E-state index is 10.8. The molecule has 0 spiro atoms. The van der Waals surface area contributed by atoms with Gasteiger partial charge in [-0.2, -0.15) is 4.89 Å². The van der Waals surface area contributed by atoms with Gasteiger partial charge in [-0.15, -0.1) is 0 Å². The molecule has 5 nitrogen and oxygen atoms in total. The van der Waals surface area contributed by atoms with Crippen LogP contribution in [0.3, 0.4) is 0 Å². The fourth-order valence-corrected chi connectivity index (χ4v) is 0.485. The van der Waals surface area contributed by atoms with E-state index in [4.69, 9.17) is 0 Å². The molecule has 74 valence electrons. The van der Waals surface area contributed by atoms with Crippen LogP contribution in [0.2, 0.25) is 0 Å². The minimum atomic E-state index is -1.14. The zero-order chi connectivity index (χ0) is 10.4. The second-order valence-electron chi connectivity index (χ2n) is 2.82. The lowest BCUT2D eigenvalue weighted by molar-refractivity contribution is -0.288. The Kier molecular flexibility index (Phi) is 4.91. The zero-order valence-electron chi connectivity index (χ0n) is 7.83. The molecule has 0 aliphatic carbocycles. The van der Waals surface area contributed by atoms with Crippen molar-refractivity contribution in [3.05, 3.63) is 0 Å². The molecule has 0 radical (unpaired) electrons. The van der Waals surface area contributed by atoms with Crippen molar-refractivity contribution in [3.63, 3.8) is 0 Å². The Bertz CT molecular complexity index is 219. The minimum absolute atomic E-state index is 0.311.